The molecular formula is C10H10N2O5. The van der Waals surface area contributed by atoms with Gasteiger partial charge in [0.15, 0.2) is 0 Å². The number of carboxylic acids is 1. The molecular weight excluding hydrogens is 228 g/mol. The Morgan fingerprint density at radius 1 is 1.65 bits per heavy atom. The summed E-state index contributed by atoms with van der Waals surface area (Å²) in [6.45, 7) is 1.57. The van der Waals surface area contributed by atoms with Gasteiger partial charge in [0, 0.05) is 24.4 Å². The number of allylic oxidation sites excluding steroid dienone is 1. The van der Waals surface area contributed by atoms with Crippen molar-refractivity contribution in [3.8, 4) is 0 Å². The van der Waals surface area contributed by atoms with Crippen molar-refractivity contribution in [3.05, 3.63) is 50.4 Å². The quantitative estimate of drug-likeness (QED) is 0.474. The van der Waals surface area contributed by atoms with Gasteiger partial charge in [0.2, 0.25) is 0 Å². The third kappa shape index (κ3) is 3.26. The van der Waals surface area contributed by atoms with E-state index in [-0.39, 0.29) is 12.1 Å². The van der Waals surface area contributed by atoms with Crippen LogP contribution in [-0.2, 0) is 11.3 Å². The number of aromatic nitrogens is 1. The number of rotatable bonds is 4. The Balaban J connectivity index is 2.98. The molecule has 1 aromatic heterocycles. The third-order valence-electron chi connectivity index (χ3n) is 2.10. The molecule has 0 bridgehead atoms. The normalized spacial score (nSPS) is 11.2. The van der Waals surface area contributed by atoms with Crippen molar-refractivity contribution in [2.45, 2.75) is 13.5 Å². The van der Waals surface area contributed by atoms with Gasteiger partial charge in [0.25, 0.3) is 5.43 Å². The van der Waals surface area contributed by atoms with Crippen molar-refractivity contribution in [1.82, 2.24) is 4.57 Å². The van der Waals surface area contributed by atoms with Crippen LogP contribution in [0.15, 0.2) is 34.9 Å². The van der Waals surface area contributed by atoms with Crippen LogP contribution in [-0.4, -0.2) is 20.6 Å². The van der Waals surface area contributed by atoms with Crippen molar-refractivity contribution < 1.29 is 14.8 Å². The average molecular weight is 238 g/mol. The first-order chi connectivity index (χ1) is 7.91. The molecule has 1 heterocycles. The molecule has 0 aromatic carbocycles. The summed E-state index contributed by atoms with van der Waals surface area (Å²) in [6, 6.07) is 1.07. The van der Waals surface area contributed by atoms with Crippen molar-refractivity contribution in [1.29, 1.82) is 0 Å². The number of hydrogen-bond donors (Lipinski definition) is 1. The highest BCUT2D eigenvalue weighted by atomic mass is 16.6. The minimum absolute atomic E-state index is 0.131. The minimum Gasteiger partial charge on any atom is -0.478 e. The Morgan fingerprint density at radius 3 is 2.82 bits per heavy atom. The summed E-state index contributed by atoms with van der Waals surface area (Å²) >= 11 is 0. The van der Waals surface area contributed by atoms with E-state index >= 15 is 0 Å². The Kier molecular flexibility index (Phi) is 3.76. The molecule has 7 nitrogen and oxygen atoms in total. The number of nitrogens with zero attached hydrogens (tertiary/aromatic N) is 2. The molecule has 0 aliphatic heterocycles. The summed E-state index contributed by atoms with van der Waals surface area (Å²) < 4.78 is 1.37. The molecule has 1 rings (SSSR count). The number of carboxylic acid groups (broad SMARTS) is 1. The molecule has 0 saturated heterocycles. The van der Waals surface area contributed by atoms with Crippen molar-refractivity contribution in [2.75, 3.05) is 0 Å². The number of nitro groups is 1. The van der Waals surface area contributed by atoms with Crippen LogP contribution < -0.4 is 5.43 Å². The minimum atomic E-state index is -1.06. The molecule has 1 aromatic rings. The molecule has 0 saturated carbocycles. The summed E-state index contributed by atoms with van der Waals surface area (Å²) in [5.74, 6) is -1.06. The molecule has 0 spiro atoms. The maximum absolute atomic E-state index is 11.1. The predicted molar refractivity (Wildman–Crippen MR) is 58.7 cm³/mol. The second-order valence-electron chi connectivity index (χ2n) is 3.34. The van der Waals surface area contributed by atoms with Gasteiger partial charge in [-0.25, -0.2) is 4.79 Å². The monoisotopic (exact) mass is 238 g/mol. The molecule has 0 aliphatic rings. The summed E-state index contributed by atoms with van der Waals surface area (Å²) in [4.78, 5) is 31.3. The van der Waals surface area contributed by atoms with Crippen LogP contribution in [0.3, 0.4) is 0 Å². The van der Waals surface area contributed by atoms with Crippen molar-refractivity contribution >= 4 is 11.7 Å². The van der Waals surface area contributed by atoms with Crippen LogP contribution >= 0.6 is 0 Å². The zero-order valence-electron chi connectivity index (χ0n) is 8.99. The number of hydrogen-bond acceptors (Lipinski definition) is 4. The second kappa shape index (κ2) is 5.06. The fraction of sp³-hybridized carbons (Fsp3) is 0.200. The van der Waals surface area contributed by atoms with Gasteiger partial charge < -0.3 is 9.67 Å². The summed E-state index contributed by atoms with van der Waals surface area (Å²) in [7, 11) is 0. The second-order valence-corrected chi connectivity index (χ2v) is 3.34. The van der Waals surface area contributed by atoms with Gasteiger partial charge in [-0.2, -0.15) is 0 Å². The van der Waals surface area contributed by atoms with Gasteiger partial charge in [0.1, 0.15) is 0 Å². The van der Waals surface area contributed by atoms with Gasteiger partial charge in [0.05, 0.1) is 11.1 Å². The smallest absolute Gasteiger partial charge is 0.332 e. The van der Waals surface area contributed by atoms with Gasteiger partial charge in [-0.05, 0) is 6.92 Å². The van der Waals surface area contributed by atoms with E-state index in [1.807, 2.05) is 0 Å². The fourth-order valence-electron chi connectivity index (χ4n) is 1.09. The summed E-state index contributed by atoms with van der Waals surface area (Å²) in [5.41, 5.74) is -1.08. The molecule has 0 aliphatic carbocycles. The third-order valence-corrected chi connectivity index (χ3v) is 2.10. The lowest BCUT2D eigenvalue weighted by Crippen LogP contribution is -2.10. The molecule has 90 valence electrons. The Morgan fingerprint density at radius 2 is 2.29 bits per heavy atom. The fourth-order valence-corrected chi connectivity index (χ4v) is 1.09. The van der Waals surface area contributed by atoms with E-state index in [1.165, 1.54) is 23.8 Å². The van der Waals surface area contributed by atoms with Crippen LogP contribution in [0.1, 0.15) is 6.92 Å². The van der Waals surface area contributed by atoms with E-state index in [0.29, 0.717) is 0 Å². The lowest BCUT2D eigenvalue weighted by molar-refractivity contribution is -0.386. The average Bonchev–Trinajstić information content (AvgIpc) is 2.26. The molecule has 0 amide bonds. The van der Waals surface area contributed by atoms with E-state index < -0.39 is 22.0 Å². The standard InChI is InChI=1S/C10H10N2O5/c1-7(10(14)15)2-4-11-5-3-9(13)8(6-11)12(16)17/h2-3,5-6H,4H2,1H3,(H,14,15)/b7-2-. The van der Waals surface area contributed by atoms with E-state index in [2.05, 4.69) is 0 Å². The highest BCUT2D eigenvalue weighted by Crippen LogP contribution is 2.03. The highest BCUT2D eigenvalue weighted by molar-refractivity contribution is 5.85. The van der Waals surface area contributed by atoms with Gasteiger partial charge in [-0.1, -0.05) is 6.08 Å². The first-order valence-corrected chi connectivity index (χ1v) is 4.66. The van der Waals surface area contributed by atoms with Crippen molar-refractivity contribution in [2.24, 2.45) is 0 Å². The molecule has 0 radical (unpaired) electrons. The zero-order valence-corrected chi connectivity index (χ0v) is 8.99. The topological polar surface area (TPSA) is 102 Å². The number of aliphatic carboxylic acids is 1. The molecule has 1 N–H and O–H groups in total. The summed E-state index contributed by atoms with van der Waals surface area (Å²) in [6.07, 6.45) is 3.84. The Bertz CT molecular complexity index is 544. The lowest BCUT2D eigenvalue weighted by atomic mass is 10.3. The molecule has 7 heteroatoms. The van der Waals surface area contributed by atoms with Crippen LogP contribution in [0.2, 0.25) is 0 Å². The van der Waals surface area contributed by atoms with Gasteiger partial charge >= 0.3 is 11.7 Å². The molecule has 17 heavy (non-hydrogen) atoms. The van der Waals surface area contributed by atoms with Gasteiger partial charge in [-0.3, -0.25) is 14.9 Å². The SMILES string of the molecule is C/C(=C/Cn1ccc(=O)c([N+](=O)[O-])c1)C(=O)O. The number of carbonyl (C=O) groups is 1. The Labute approximate surface area is 95.8 Å². The first-order valence-electron chi connectivity index (χ1n) is 4.66. The lowest BCUT2D eigenvalue weighted by Gasteiger charge is -2.02. The molecule has 0 fully saturated rings. The van der Waals surface area contributed by atoms with Gasteiger partial charge in [-0.15, -0.1) is 0 Å². The van der Waals surface area contributed by atoms with Crippen LogP contribution in [0.5, 0.6) is 0 Å². The first kappa shape index (κ1) is 12.6. The Hall–Kier alpha value is -2.44. The highest BCUT2D eigenvalue weighted by Gasteiger charge is 2.11. The van der Waals surface area contributed by atoms with E-state index in [0.717, 1.165) is 12.3 Å². The van der Waals surface area contributed by atoms with Crippen LogP contribution in [0, 0.1) is 10.1 Å². The number of pyridine rings is 1. The van der Waals surface area contributed by atoms with E-state index in [9.17, 15) is 19.7 Å². The largest absolute Gasteiger partial charge is 0.478 e. The zero-order chi connectivity index (χ0) is 13.0. The van der Waals surface area contributed by atoms with Crippen LogP contribution in [0.4, 0.5) is 5.69 Å². The molecule has 0 unspecified atom stereocenters. The van der Waals surface area contributed by atoms with E-state index in [1.54, 1.807) is 0 Å². The predicted octanol–water partition coefficient (Wildman–Crippen LogP) is 0.787. The summed E-state index contributed by atoms with van der Waals surface area (Å²) in [5, 5.41) is 19.1. The van der Waals surface area contributed by atoms with Crippen molar-refractivity contribution in [3.63, 3.8) is 0 Å². The maximum Gasteiger partial charge on any atom is 0.332 e. The van der Waals surface area contributed by atoms with Crippen LogP contribution in [0.25, 0.3) is 0 Å². The maximum atomic E-state index is 11.1. The van der Waals surface area contributed by atoms with E-state index in [4.69, 9.17) is 5.11 Å². The molecule has 0 atom stereocenters.